The Morgan fingerprint density at radius 1 is 1.14 bits per heavy atom. The Balaban J connectivity index is 2.01. The van der Waals surface area contributed by atoms with Crippen LogP contribution in [0.2, 0.25) is 0 Å². The van der Waals surface area contributed by atoms with Gasteiger partial charge in [0.05, 0.1) is 0 Å². The molecule has 2 unspecified atom stereocenters. The Labute approximate surface area is 88.3 Å². The van der Waals surface area contributed by atoms with Gasteiger partial charge in [-0.2, -0.15) is 0 Å². The quantitative estimate of drug-likeness (QED) is 0.681. The molecule has 3 saturated heterocycles. The first-order valence-corrected chi connectivity index (χ1v) is 6.07. The number of nitrogens with zero attached hydrogens (tertiary/aromatic N) is 2. The summed E-state index contributed by atoms with van der Waals surface area (Å²) < 4.78 is 0. The van der Waals surface area contributed by atoms with Crippen LogP contribution in [0.1, 0.15) is 40.0 Å². The van der Waals surface area contributed by atoms with Gasteiger partial charge < -0.3 is 0 Å². The lowest BCUT2D eigenvalue weighted by Gasteiger charge is -2.59. The molecular formula is C12H24N2. The zero-order valence-corrected chi connectivity index (χ0v) is 10.1. The maximum atomic E-state index is 2.73. The predicted octanol–water partition coefficient (Wildman–Crippen LogP) is 1.95. The Morgan fingerprint density at radius 2 is 1.64 bits per heavy atom. The fourth-order valence-electron chi connectivity index (χ4n) is 2.93. The summed E-state index contributed by atoms with van der Waals surface area (Å²) in [6.45, 7) is 9.68. The van der Waals surface area contributed by atoms with Crippen LogP contribution < -0.4 is 0 Å². The molecule has 0 amide bonds. The Hall–Kier alpha value is -0.0800. The van der Waals surface area contributed by atoms with Gasteiger partial charge in [-0.25, -0.2) is 0 Å². The van der Waals surface area contributed by atoms with Crippen LogP contribution in [-0.4, -0.2) is 47.6 Å². The first kappa shape index (κ1) is 10.4. The molecule has 2 bridgehead atoms. The van der Waals surface area contributed by atoms with E-state index in [0.717, 1.165) is 12.1 Å². The molecule has 2 heteroatoms. The first-order valence-electron chi connectivity index (χ1n) is 6.07. The second-order valence-electron chi connectivity index (χ2n) is 5.32. The molecule has 0 aliphatic carbocycles. The van der Waals surface area contributed by atoms with E-state index < -0.39 is 0 Å². The van der Waals surface area contributed by atoms with Crippen molar-refractivity contribution in [2.24, 2.45) is 0 Å². The zero-order chi connectivity index (χ0) is 10.3. The summed E-state index contributed by atoms with van der Waals surface area (Å²) in [5, 5.41) is 0. The summed E-state index contributed by atoms with van der Waals surface area (Å²) in [4.78, 5) is 5.29. The van der Waals surface area contributed by atoms with Crippen LogP contribution >= 0.6 is 0 Å². The van der Waals surface area contributed by atoms with Crippen molar-refractivity contribution in [1.82, 2.24) is 9.80 Å². The summed E-state index contributed by atoms with van der Waals surface area (Å²) in [5.41, 5.74) is 0.457. The molecule has 14 heavy (non-hydrogen) atoms. The van der Waals surface area contributed by atoms with Crippen molar-refractivity contribution in [3.63, 3.8) is 0 Å². The van der Waals surface area contributed by atoms with E-state index in [0.29, 0.717) is 5.54 Å². The Morgan fingerprint density at radius 3 is 2.00 bits per heavy atom. The number of piperazine rings is 1. The van der Waals surface area contributed by atoms with Crippen molar-refractivity contribution >= 4 is 0 Å². The molecule has 0 N–H and O–H groups in total. The number of likely N-dealkylation sites (N-methyl/N-ethyl adjacent to an activating group) is 1. The molecule has 3 aliphatic rings. The van der Waals surface area contributed by atoms with Gasteiger partial charge in [-0.3, -0.25) is 9.80 Å². The molecule has 0 aromatic rings. The third kappa shape index (κ3) is 1.40. The minimum Gasteiger partial charge on any atom is -0.298 e. The van der Waals surface area contributed by atoms with Crippen molar-refractivity contribution in [3.8, 4) is 0 Å². The molecular weight excluding hydrogens is 172 g/mol. The standard InChI is InChI=1S/C12H24N2/c1-5-12(3,6-2)14-8-10-7-11(9-14)13(10)4/h10-11H,5-9H2,1-4H3. The Kier molecular flexibility index (Phi) is 2.61. The smallest absolute Gasteiger partial charge is 0.0239 e. The van der Waals surface area contributed by atoms with Crippen LogP contribution in [0.3, 0.4) is 0 Å². The third-order valence-electron chi connectivity index (χ3n) is 4.85. The van der Waals surface area contributed by atoms with Gasteiger partial charge in [0.15, 0.2) is 0 Å². The lowest BCUT2D eigenvalue weighted by molar-refractivity contribution is -0.0893. The fraction of sp³-hybridized carbons (Fsp3) is 1.00. The topological polar surface area (TPSA) is 6.48 Å². The molecule has 0 aromatic carbocycles. The minimum atomic E-state index is 0.457. The first-order chi connectivity index (χ1) is 6.60. The molecule has 0 saturated carbocycles. The van der Waals surface area contributed by atoms with Crippen LogP contribution in [0.5, 0.6) is 0 Å². The van der Waals surface area contributed by atoms with Gasteiger partial charge in [0.2, 0.25) is 0 Å². The van der Waals surface area contributed by atoms with E-state index in [1.54, 1.807) is 0 Å². The van der Waals surface area contributed by atoms with Gasteiger partial charge in [-0.1, -0.05) is 13.8 Å². The maximum Gasteiger partial charge on any atom is 0.0239 e. The van der Waals surface area contributed by atoms with Gasteiger partial charge in [0, 0.05) is 30.7 Å². The van der Waals surface area contributed by atoms with Gasteiger partial charge in [0.25, 0.3) is 0 Å². The lowest BCUT2D eigenvalue weighted by atomic mass is 9.83. The van der Waals surface area contributed by atoms with Crippen molar-refractivity contribution < 1.29 is 0 Å². The number of rotatable bonds is 3. The van der Waals surface area contributed by atoms with Gasteiger partial charge in [0.1, 0.15) is 0 Å². The average molecular weight is 196 g/mol. The second-order valence-corrected chi connectivity index (χ2v) is 5.32. The van der Waals surface area contributed by atoms with E-state index in [1.165, 1.54) is 32.4 Å². The van der Waals surface area contributed by atoms with Gasteiger partial charge in [-0.15, -0.1) is 0 Å². The van der Waals surface area contributed by atoms with Crippen LogP contribution in [0.4, 0.5) is 0 Å². The molecule has 0 aromatic heterocycles. The summed E-state index contributed by atoms with van der Waals surface area (Å²) in [7, 11) is 2.28. The predicted molar refractivity (Wildman–Crippen MR) is 60.5 cm³/mol. The summed E-state index contributed by atoms with van der Waals surface area (Å²) in [5.74, 6) is 0. The summed E-state index contributed by atoms with van der Waals surface area (Å²) in [6, 6.07) is 1.71. The number of hydrogen-bond acceptors (Lipinski definition) is 2. The van der Waals surface area contributed by atoms with Crippen molar-refractivity contribution in [2.75, 3.05) is 20.1 Å². The highest BCUT2D eigenvalue weighted by Gasteiger charge is 2.45. The largest absolute Gasteiger partial charge is 0.298 e. The SMILES string of the molecule is CCC(C)(CC)N1CC2CC(C1)N2C. The van der Waals surface area contributed by atoms with Crippen molar-refractivity contribution in [2.45, 2.75) is 57.7 Å². The molecule has 2 atom stereocenters. The van der Waals surface area contributed by atoms with Crippen molar-refractivity contribution in [1.29, 1.82) is 0 Å². The fourth-order valence-corrected chi connectivity index (χ4v) is 2.93. The molecule has 0 spiro atoms. The molecule has 2 nitrogen and oxygen atoms in total. The van der Waals surface area contributed by atoms with Gasteiger partial charge >= 0.3 is 0 Å². The van der Waals surface area contributed by atoms with E-state index in [4.69, 9.17) is 0 Å². The highest BCUT2D eigenvalue weighted by molar-refractivity contribution is 5.02. The Bertz CT molecular complexity index is 198. The normalized spacial score (nSPS) is 34.3. The van der Waals surface area contributed by atoms with E-state index in [2.05, 4.69) is 37.6 Å². The van der Waals surface area contributed by atoms with E-state index in [1.807, 2.05) is 0 Å². The van der Waals surface area contributed by atoms with Crippen molar-refractivity contribution in [3.05, 3.63) is 0 Å². The van der Waals surface area contributed by atoms with Crippen LogP contribution in [0, 0.1) is 0 Å². The maximum absolute atomic E-state index is 2.73. The second kappa shape index (κ2) is 3.49. The molecule has 0 radical (unpaired) electrons. The highest BCUT2D eigenvalue weighted by atomic mass is 15.4. The number of piperidine rings is 1. The molecule has 82 valence electrons. The summed E-state index contributed by atoms with van der Waals surface area (Å²) in [6.07, 6.45) is 4.01. The molecule has 3 aliphatic heterocycles. The minimum absolute atomic E-state index is 0.457. The van der Waals surface area contributed by atoms with E-state index >= 15 is 0 Å². The van der Waals surface area contributed by atoms with E-state index in [9.17, 15) is 0 Å². The number of hydrogen-bond donors (Lipinski definition) is 0. The average Bonchev–Trinajstić information content (AvgIpc) is 2.27. The van der Waals surface area contributed by atoms with E-state index in [-0.39, 0.29) is 0 Å². The van der Waals surface area contributed by atoms with Gasteiger partial charge in [-0.05, 0) is 33.2 Å². The van der Waals surface area contributed by atoms with Crippen LogP contribution in [0.25, 0.3) is 0 Å². The molecule has 3 heterocycles. The lowest BCUT2D eigenvalue weighted by Crippen LogP contribution is -2.70. The summed E-state index contributed by atoms with van der Waals surface area (Å²) >= 11 is 0. The molecule has 3 fully saturated rings. The van der Waals surface area contributed by atoms with Crippen LogP contribution in [0.15, 0.2) is 0 Å². The van der Waals surface area contributed by atoms with Crippen LogP contribution in [-0.2, 0) is 0 Å². The number of fused-ring (bicyclic) bond motifs is 2. The highest BCUT2D eigenvalue weighted by Crippen LogP contribution is 2.35. The monoisotopic (exact) mass is 196 g/mol. The third-order valence-corrected chi connectivity index (χ3v) is 4.85. The molecule has 3 rings (SSSR count). The zero-order valence-electron chi connectivity index (χ0n) is 10.1.